The molecule has 0 bridgehead atoms. The molecule has 0 saturated heterocycles. The van der Waals surface area contributed by atoms with Crippen LogP contribution in [-0.4, -0.2) is 26.0 Å². The van der Waals surface area contributed by atoms with Gasteiger partial charge in [-0.25, -0.2) is 0 Å². The van der Waals surface area contributed by atoms with E-state index in [9.17, 15) is 0 Å². The third-order valence-corrected chi connectivity index (χ3v) is 6.71. The summed E-state index contributed by atoms with van der Waals surface area (Å²) in [4.78, 5) is 10.0. The van der Waals surface area contributed by atoms with E-state index < -0.39 is 0 Å². The Labute approximate surface area is 202 Å². The van der Waals surface area contributed by atoms with Crippen LogP contribution in [0.4, 0.5) is 17.1 Å². The molecule has 2 aromatic carbocycles. The quantitative estimate of drug-likeness (QED) is 0.430. The first kappa shape index (κ1) is 25.1. The lowest BCUT2D eigenvalue weighted by Gasteiger charge is -2.28. The van der Waals surface area contributed by atoms with Crippen molar-refractivity contribution < 1.29 is 0 Å². The van der Waals surface area contributed by atoms with Gasteiger partial charge in [-0.15, -0.1) is 0 Å². The normalized spacial score (nSPS) is 16.4. The molecular formula is C30H43N3. The first-order chi connectivity index (χ1) is 15.8. The van der Waals surface area contributed by atoms with Gasteiger partial charge in [-0.3, -0.25) is 4.99 Å². The molecule has 1 fully saturated rings. The molecule has 0 unspecified atom stereocenters. The van der Waals surface area contributed by atoms with E-state index in [-0.39, 0.29) is 0 Å². The minimum Gasteiger partial charge on any atom is -0.355 e. The van der Waals surface area contributed by atoms with Crippen molar-refractivity contribution in [3.05, 3.63) is 59.7 Å². The van der Waals surface area contributed by atoms with Crippen molar-refractivity contribution in [1.82, 2.24) is 0 Å². The topological polar surface area (TPSA) is 18.8 Å². The van der Waals surface area contributed by atoms with E-state index in [4.69, 9.17) is 4.99 Å². The fraction of sp³-hybridized carbons (Fsp3) is 0.500. The Morgan fingerprint density at radius 3 is 2.30 bits per heavy atom. The zero-order valence-corrected chi connectivity index (χ0v) is 21.7. The largest absolute Gasteiger partial charge is 0.355 e. The Morgan fingerprint density at radius 1 is 1.00 bits per heavy atom. The summed E-state index contributed by atoms with van der Waals surface area (Å²) in [7, 11) is 2.20. The number of anilines is 2. The number of aliphatic imine (C=N–C) groups is 1. The van der Waals surface area contributed by atoms with E-state index in [1.807, 2.05) is 0 Å². The number of benzene rings is 2. The third-order valence-electron chi connectivity index (χ3n) is 6.71. The van der Waals surface area contributed by atoms with Gasteiger partial charge in [-0.05, 0) is 68.4 Å². The maximum Gasteiger partial charge on any atom is 0.0901 e. The Kier molecular flexibility index (Phi) is 8.77. The van der Waals surface area contributed by atoms with E-state index in [2.05, 4.69) is 94.4 Å². The SMILES string of the molecule is C=C(C)c1cc2c(cc1N=C(C)c1ccccc1C)N(CC1CCCCC1)CN2C.CCC. The van der Waals surface area contributed by atoms with Gasteiger partial charge in [0.2, 0.25) is 0 Å². The van der Waals surface area contributed by atoms with Crippen molar-refractivity contribution >= 4 is 28.3 Å². The van der Waals surface area contributed by atoms with E-state index >= 15 is 0 Å². The van der Waals surface area contributed by atoms with Crippen LogP contribution in [-0.2, 0) is 0 Å². The third kappa shape index (κ3) is 6.07. The van der Waals surface area contributed by atoms with E-state index in [0.717, 1.165) is 41.7 Å². The standard InChI is InChI=1S/C27H35N3.C3H8/c1-19(2)24-15-26-27(30(18-29(26)5)17-22-12-7-6-8-13-22)16-25(24)28-21(4)23-14-10-9-11-20(23)3;1-3-2/h9-11,14-16,22H,1,6-8,12-13,17-18H2,2-5H3;3H2,1-2H3. The first-order valence-corrected chi connectivity index (χ1v) is 12.8. The van der Waals surface area contributed by atoms with Crippen molar-refractivity contribution in [2.24, 2.45) is 10.9 Å². The molecule has 0 radical (unpaired) electrons. The highest BCUT2D eigenvalue weighted by molar-refractivity contribution is 6.02. The Morgan fingerprint density at radius 2 is 1.67 bits per heavy atom. The van der Waals surface area contributed by atoms with Gasteiger partial charge >= 0.3 is 0 Å². The van der Waals surface area contributed by atoms with Crippen molar-refractivity contribution in [1.29, 1.82) is 0 Å². The Bertz CT molecular complexity index is 982. The number of hydrogen-bond donors (Lipinski definition) is 0. The number of rotatable bonds is 5. The highest BCUT2D eigenvalue weighted by Gasteiger charge is 2.28. The predicted octanol–water partition coefficient (Wildman–Crippen LogP) is 8.38. The van der Waals surface area contributed by atoms with Crippen molar-refractivity contribution in [3.8, 4) is 0 Å². The predicted molar refractivity (Wildman–Crippen MR) is 147 cm³/mol. The summed E-state index contributed by atoms with van der Waals surface area (Å²) in [6.07, 6.45) is 8.18. The van der Waals surface area contributed by atoms with Gasteiger partial charge in [0.15, 0.2) is 0 Å². The summed E-state index contributed by atoms with van der Waals surface area (Å²) >= 11 is 0. The van der Waals surface area contributed by atoms with Crippen LogP contribution in [0.5, 0.6) is 0 Å². The molecule has 1 heterocycles. The molecule has 3 nitrogen and oxygen atoms in total. The zero-order valence-electron chi connectivity index (χ0n) is 21.7. The van der Waals surface area contributed by atoms with Gasteiger partial charge in [0.1, 0.15) is 0 Å². The molecule has 33 heavy (non-hydrogen) atoms. The number of fused-ring (bicyclic) bond motifs is 1. The lowest BCUT2D eigenvalue weighted by atomic mass is 9.89. The number of allylic oxidation sites excluding steroid dienone is 1. The molecule has 0 spiro atoms. The van der Waals surface area contributed by atoms with Gasteiger partial charge in [-0.1, -0.05) is 70.4 Å². The van der Waals surface area contributed by atoms with Crippen LogP contribution in [0.3, 0.4) is 0 Å². The molecule has 0 atom stereocenters. The summed E-state index contributed by atoms with van der Waals surface area (Å²) in [5.74, 6) is 0.819. The van der Waals surface area contributed by atoms with Crippen LogP contribution in [0.15, 0.2) is 48.0 Å². The molecule has 4 rings (SSSR count). The molecule has 0 aromatic heterocycles. The van der Waals surface area contributed by atoms with E-state index in [1.54, 1.807) is 0 Å². The number of nitrogens with zero attached hydrogens (tertiary/aromatic N) is 3. The van der Waals surface area contributed by atoms with E-state index in [0.29, 0.717) is 0 Å². The second kappa shape index (κ2) is 11.5. The average Bonchev–Trinajstić information content (AvgIpc) is 3.09. The molecule has 1 saturated carbocycles. The van der Waals surface area contributed by atoms with Crippen molar-refractivity contribution in [3.63, 3.8) is 0 Å². The van der Waals surface area contributed by atoms with Crippen LogP contribution < -0.4 is 9.80 Å². The fourth-order valence-electron chi connectivity index (χ4n) is 5.02. The summed E-state index contributed by atoms with van der Waals surface area (Å²) in [5, 5.41) is 0. The van der Waals surface area contributed by atoms with Gasteiger partial charge in [0.25, 0.3) is 0 Å². The zero-order chi connectivity index (χ0) is 24.0. The van der Waals surface area contributed by atoms with Gasteiger partial charge < -0.3 is 9.80 Å². The highest BCUT2D eigenvalue weighted by atomic mass is 15.4. The monoisotopic (exact) mass is 445 g/mol. The lowest BCUT2D eigenvalue weighted by molar-refractivity contribution is 0.359. The van der Waals surface area contributed by atoms with Crippen LogP contribution in [0.25, 0.3) is 5.57 Å². The molecule has 178 valence electrons. The van der Waals surface area contributed by atoms with Crippen LogP contribution >= 0.6 is 0 Å². The van der Waals surface area contributed by atoms with Gasteiger partial charge in [0, 0.05) is 24.9 Å². The minimum atomic E-state index is 0.819. The molecule has 3 heteroatoms. The molecule has 1 aliphatic heterocycles. The first-order valence-electron chi connectivity index (χ1n) is 12.8. The molecule has 1 aliphatic carbocycles. The second-order valence-corrected chi connectivity index (χ2v) is 9.92. The second-order valence-electron chi connectivity index (χ2n) is 9.92. The summed E-state index contributed by atoms with van der Waals surface area (Å²) < 4.78 is 0. The van der Waals surface area contributed by atoms with E-state index in [1.165, 1.54) is 61.0 Å². The maximum absolute atomic E-state index is 5.11. The fourth-order valence-corrected chi connectivity index (χ4v) is 5.02. The Hall–Kier alpha value is -2.55. The highest BCUT2D eigenvalue weighted by Crippen LogP contribution is 2.43. The lowest BCUT2D eigenvalue weighted by Crippen LogP contribution is -2.33. The van der Waals surface area contributed by atoms with Gasteiger partial charge in [0.05, 0.1) is 23.7 Å². The molecular weight excluding hydrogens is 402 g/mol. The summed E-state index contributed by atoms with van der Waals surface area (Å²) in [6.45, 7) is 17.0. The Balaban J connectivity index is 0.000000968. The van der Waals surface area contributed by atoms with Crippen molar-refractivity contribution in [2.45, 2.75) is 73.1 Å². The van der Waals surface area contributed by atoms with Crippen molar-refractivity contribution in [2.75, 3.05) is 30.1 Å². The number of hydrogen-bond acceptors (Lipinski definition) is 3. The summed E-state index contributed by atoms with van der Waals surface area (Å²) in [5.41, 5.74) is 9.39. The number of aryl methyl sites for hydroxylation is 1. The van der Waals surface area contributed by atoms with Crippen LogP contribution in [0.1, 0.15) is 82.9 Å². The average molecular weight is 446 g/mol. The van der Waals surface area contributed by atoms with Crippen LogP contribution in [0.2, 0.25) is 0 Å². The minimum absolute atomic E-state index is 0.819. The molecule has 2 aromatic rings. The molecule has 2 aliphatic rings. The van der Waals surface area contributed by atoms with Crippen LogP contribution in [0, 0.1) is 12.8 Å². The smallest absolute Gasteiger partial charge is 0.0901 e. The molecule has 0 N–H and O–H groups in total. The summed E-state index contributed by atoms with van der Waals surface area (Å²) in [6, 6.07) is 13.1. The molecule has 0 amide bonds. The van der Waals surface area contributed by atoms with Gasteiger partial charge in [-0.2, -0.15) is 0 Å². The maximum atomic E-state index is 5.11.